The second-order valence-electron chi connectivity index (χ2n) is 7.63. The van der Waals surface area contributed by atoms with Crippen molar-refractivity contribution < 1.29 is 51.3 Å². The van der Waals surface area contributed by atoms with Gasteiger partial charge in [0, 0.05) is 19.1 Å². The molecule has 15 nitrogen and oxygen atoms in total. The Morgan fingerprint density at radius 1 is 1.19 bits per heavy atom. The molecule has 0 aliphatic carbocycles. The maximum Gasteiger partial charge on any atom is 0.510 e. The number of nitrogens with two attached hydrogens (primary N) is 1. The molecule has 0 aromatic carbocycles. The van der Waals surface area contributed by atoms with Crippen LogP contribution in [0.2, 0.25) is 0 Å². The number of methoxy groups -OCH3 is 1. The molecule has 2 aromatic heterocycles. The number of rotatable bonds is 15. The van der Waals surface area contributed by atoms with E-state index in [9.17, 15) is 18.5 Å². The van der Waals surface area contributed by atoms with Gasteiger partial charge < -0.3 is 29.4 Å². The first-order chi connectivity index (χ1) is 17.5. The zero-order valence-corrected chi connectivity index (χ0v) is 22.2. The Kier molecular flexibility index (Phi) is 14.5. The molecule has 0 saturated carbocycles. The fourth-order valence-electron chi connectivity index (χ4n) is 2.25. The molecule has 2 aromatic rings. The van der Waals surface area contributed by atoms with Gasteiger partial charge in [-0.2, -0.15) is 9.61 Å². The summed E-state index contributed by atoms with van der Waals surface area (Å²) < 4.78 is 61.3. The van der Waals surface area contributed by atoms with E-state index in [2.05, 4.69) is 24.5 Å². The van der Waals surface area contributed by atoms with E-state index in [0.29, 0.717) is 17.3 Å². The zero-order chi connectivity index (χ0) is 27.8. The summed E-state index contributed by atoms with van der Waals surface area (Å²) in [4.78, 5) is 29.5. The van der Waals surface area contributed by atoms with E-state index in [1.807, 2.05) is 13.8 Å². The summed E-state index contributed by atoms with van der Waals surface area (Å²) in [7, 11) is -2.43. The first-order valence-electron chi connectivity index (χ1n) is 10.9. The average molecular weight is 553 g/mol. The Labute approximate surface area is 213 Å². The third kappa shape index (κ3) is 12.3. The van der Waals surface area contributed by atoms with Gasteiger partial charge in [0.15, 0.2) is 5.65 Å². The quantitative estimate of drug-likeness (QED) is 0.111. The molecule has 2 atom stereocenters. The van der Waals surface area contributed by atoms with E-state index in [0.717, 1.165) is 0 Å². The summed E-state index contributed by atoms with van der Waals surface area (Å²) in [5.41, 5.74) is 6.55. The van der Waals surface area contributed by atoms with Crippen molar-refractivity contribution in [2.75, 3.05) is 39.5 Å². The van der Waals surface area contributed by atoms with Gasteiger partial charge in [0.2, 0.25) is 19.5 Å². The number of fused-ring (bicyclic) bond motifs is 1. The lowest BCUT2D eigenvalue weighted by Crippen LogP contribution is -2.21. The Morgan fingerprint density at radius 2 is 1.86 bits per heavy atom. The number of ether oxygens (including phenoxy) is 5. The largest absolute Gasteiger partial charge is 0.510 e. The molecule has 2 N–H and O–H groups in total. The molecule has 2 unspecified atom stereocenters. The molecular weight excluding hydrogens is 520 g/mol. The first-order valence-corrected chi connectivity index (χ1v) is 12.7. The van der Waals surface area contributed by atoms with Gasteiger partial charge in [-0.05, 0) is 27.7 Å². The highest BCUT2D eigenvalue weighted by molar-refractivity contribution is 7.53. The monoisotopic (exact) mass is 553 g/mol. The van der Waals surface area contributed by atoms with Gasteiger partial charge in [0.1, 0.15) is 19.3 Å². The summed E-state index contributed by atoms with van der Waals surface area (Å²) in [6.07, 6.45) is -0.289. The summed E-state index contributed by atoms with van der Waals surface area (Å²) in [6.45, 7) is 4.76. The van der Waals surface area contributed by atoms with Gasteiger partial charge >= 0.3 is 13.8 Å². The lowest BCUT2D eigenvalue weighted by Gasteiger charge is -2.20. The highest BCUT2D eigenvalue weighted by Gasteiger charge is 2.29. The van der Waals surface area contributed by atoms with E-state index < -0.39 is 52.6 Å². The van der Waals surface area contributed by atoms with Gasteiger partial charge in [-0.25, -0.2) is 19.2 Å². The van der Waals surface area contributed by atoms with Crippen molar-refractivity contribution in [1.82, 2.24) is 19.6 Å². The molecule has 0 saturated heterocycles. The molecular formula is C20H33FN5O10P. The Balaban J connectivity index is 0.00000124. The fraction of sp³-hybridized carbons (Fsp3) is 0.650. The van der Waals surface area contributed by atoms with Crippen LogP contribution in [0, 0.1) is 0 Å². The molecule has 0 aliphatic rings. The van der Waals surface area contributed by atoms with E-state index in [1.165, 1.54) is 17.0 Å². The number of hydrogen-bond acceptors (Lipinski definition) is 14. The van der Waals surface area contributed by atoms with Crippen LogP contribution < -0.4 is 5.73 Å². The number of carbonyl (C=O) groups is 2. The van der Waals surface area contributed by atoms with Crippen molar-refractivity contribution in [2.45, 2.75) is 52.4 Å². The topological polar surface area (TPSA) is 185 Å². The van der Waals surface area contributed by atoms with Crippen LogP contribution in [0.25, 0.3) is 5.65 Å². The third-order valence-electron chi connectivity index (χ3n) is 4.11. The second kappa shape index (κ2) is 16.8. The highest BCUT2D eigenvalue weighted by atomic mass is 31.2. The maximum absolute atomic E-state index is 13.6. The van der Waals surface area contributed by atoms with Gasteiger partial charge in [-0.1, -0.05) is 0 Å². The number of hydrogen-bond donors (Lipinski definition) is 1. The van der Waals surface area contributed by atoms with Crippen LogP contribution >= 0.6 is 7.60 Å². The van der Waals surface area contributed by atoms with Crippen molar-refractivity contribution in [3.8, 4) is 0 Å². The minimum absolute atomic E-state index is 0.00148. The Bertz CT molecular complexity index is 1010. The average Bonchev–Trinajstić information content (AvgIpc) is 3.26. The van der Waals surface area contributed by atoms with Crippen LogP contribution in [0.1, 0.15) is 33.3 Å². The minimum Gasteiger partial charge on any atom is -0.440 e. The predicted octanol–water partition coefficient (Wildman–Crippen LogP) is 2.48. The Hall–Kier alpha value is -2.91. The molecule has 0 aliphatic heterocycles. The predicted molar refractivity (Wildman–Crippen MR) is 126 cm³/mol. The van der Waals surface area contributed by atoms with Crippen LogP contribution in [0.3, 0.4) is 0 Å². The van der Waals surface area contributed by atoms with E-state index in [4.69, 9.17) is 29.0 Å². The number of carbonyl (C=O) groups excluding carboxylic acids is 2. The summed E-state index contributed by atoms with van der Waals surface area (Å²) in [5.74, 6) is 0.0939. The molecule has 0 fully saturated rings. The lowest BCUT2D eigenvalue weighted by molar-refractivity contribution is -0.135. The van der Waals surface area contributed by atoms with E-state index >= 15 is 0 Å². The van der Waals surface area contributed by atoms with Crippen molar-refractivity contribution in [2.24, 2.45) is 0 Å². The van der Waals surface area contributed by atoms with Gasteiger partial charge in [0.25, 0.3) is 6.47 Å². The molecule has 0 radical (unpaired) electrons. The van der Waals surface area contributed by atoms with Crippen LogP contribution in [-0.4, -0.2) is 84.2 Å². The molecule has 0 spiro atoms. The normalized spacial score (nSPS) is 13.5. The number of alkyl halides is 1. The second-order valence-corrected chi connectivity index (χ2v) is 9.62. The standard InChI is InChI=1S/C16H23FN5O9P.C4H10O/c1-11(2)31-16(24)27-9-30-32(25,29-8-26-7-23)10-28-13(4-17)3-12-5-21-22-14(12)19-6-20-15(22)18;1-4(2)5-3/h5-7,11,13H,3-4,8-10H2,1-2H3,(H2,18,19,20);4H,1-3H3. The molecule has 17 heteroatoms. The smallest absolute Gasteiger partial charge is 0.440 e. The molecule has 37 heavy (non-hydrogen) atoms. The molecule has 2 heterocycles. The number of nitrogen functional groups attached to an aromatic ring is 1. The number of aromatic nitrogens is 4. The highest BCUT2D eigenvalue weighted by Crippen LogP contribution is 2.48. The number of anilines is 1. The first kappa shape index (κ1) is 32.1. The summed E-state index contributed by atoms with van der Waals surface area (Å²) in [5, 5.41) is 4.02. The fourth-order valence-corrected chi connectivity index (χ4v) is 3.31. The zero-order valence-electron chi connectivity index (χ0n) is 21.3. The third-order valence-corrected chi connectivity index (χ3v) is 5.57. The van der Waals surface area contributed by atoms with Crippen molar-refractivity contribution in [3.63, 3.8) is 0 Å². The van der Waals surface area contributed by atoms with Crippen LogP contribution in [0.4, 0.5) is 15.1 Å². The maximum atomic E-state index is 13.6. The van der Waals surface area contributed by atoms with Gasteiger partial charge in [-0.3, -0.25) is 18.4 Å². The van der Waals surface area contributed by atoms with Crippen molar-refractivity contribution >= 4 is 31.8 Å². The minimum atomic E-state index is -4.12. The van der Waals surface area contributed by atoms with Gasteiger partial charge in [0.05, 0.1) is 24.5 Å². The SMILES string of the molecule is CC(C)OC(=O)OCOP(=O)(COC(CF)Cc1cnn2c(N)ncnc12)OCOC=O.COC(C)C. The summed E-state index contributed by atoms with van der Waals surface area (Å²) in [6, 6.07) is 0. The van der Waals surface area contributed by atoms with E-state index in [1.54, 1.807) is 21.0 Å². The van der Waals surface area contributed by atoms with Crippen molar-refractivity contribution in [3.05, 3.63) is 18.1 Å². The van der Waals surface area contributed by atoms with Crippen molar-refractivity contribution in [1.29, 1.82) is 0 Å². The van der Waals surface area contributed by atoms with E-state index in [-0.39, 0.29) is 18.8 Å². The molecule has 0 bridgehead atoms. The molecule has 2 rings (SSSR count). The molecule has 210 valence electrons. The van der Waals surface area contributed by atoms with Crippen LogP contribution in [0.5, 0.6) is 0 Å². The van der Waals surface area contributed by atoms with Crippen LogP contribution in [-0.2, 0) is 48.5 Å². The lowest BCUT2D eigenvalue weighted by atomic mass is 10.1. The van der Waals surface area contributed by atoms with Crippen LogP contribution in [0.15, 0.2) is 12.5 Å². The Morgan fingerprint density at radius 3 is 2.46 bits per heavy atom. The number of nitrogens with zero attached hydrogens (tertiary/aromatic N) is 4. The summed E-state index contributed by atoms with van der Waals surface area (Å²) >= 11 is 0. The molecule has 0 amide bonds. The number of halogens is 1. The van der Waals surface area contributed by atoms with Gasteiger partial charge in [-0.15, -0.1) is 0 Å².